The van der Waals surface area contributed by atoms with Crippen molar-refractivity contribution in [3.05, 3.63) is 64.8 Å². The Balaban J connectivity index is 1.99. The molecule has 0 saturated heterocycles. The summed E-state index contributed by atoms with van der Waals surface area (Å²) < 4.78 is 20.8. The molecule has 4 nitrogen and oxygen atoms in total. The van der Waals surface area contributed by atoms with Gasteiger partial charge in [0.15, 0.2) is 11.6 Å². The maximum Gasteiger partial charge on any atom is 0.256 e. The van der Waals surface area contributed by atoms with Gasteiger partial charge in [0.2, 0.25) is 0 Å². The molecule has 0 spiro atoms. The molecule has 7 heteroatoms. The summed E-state index contributed by atoms with van der Waals surface area (Å²) in [6, 6.07) is 8.16. The number of halogens is 3. The van der Waals surface area contributed by atoms with E-state index in [-0.39, 0.29) is 10.9 Å². The van der Waals surface area contributed by atoms with Crippen LogP contribution in [0.2, 0.25) is 10.0 Å². The number of para-hydroxylation sites is 2. The molecule has 106 valence electrons. The van der Waals surface area contributed by atoms with Gasteiger partial charge in [-0.25, -0.2) is 14.1 Å². The van der Waals surface area contributed by atoms with Crippen molar-refractivity contribution in [2.24, 2.45) is 0 Å². The van der Waals surface area contributed by atoms with E-state index in [0.717, 1.165) is 6.07 Å². The van der Waals surface area contributed by atoms with Crippen molar-refractivity contribution in [3.63, 3.8) is 0 Å². The molecule has 0 fully saturated rings. The first kappa shape index (κ1) is 13.9. The Bertz CT molecular complexity index is 791. The van der Waals surface area contributed by atoms with E-state index in [4.69, 9.17) is 27.9 Å². The second kappa shape index (κ2) is 5.71. The molecule has 1 aromatic carbocycles. The molecular weight excluding hydrogens is 316 g/mol. The smallest absolute Gasteiger partial charge is 0.256 e. The van der Waals surface area contributed by atoms with Crippen LogP contribution >= 0.6 is 23.2 Å². The number of pyridine rings is 1. The first-order valence-corrected chi connectivity index (χ1v) is 6.67. The molecular formula is C14H8Cl2FN3O. The minimum atomic E-state index is -0.643. The van der Waals surface area contributed by atoms with E-state index in [0.29, 0.717) is 16.5 Å². The average molecular weight is 324 g/mol. The molecule has 3 rings (SSSR count). The zero-order valence-electron chi connectivity index (χ0n) is 10.5. The molecule has 0 unspecified atom stereocenters. The summed E-state index contributed by atoms with van der Waals surface area (Å²) in [5, 5.41) is 4.78. The predicted molar refractivity (Wildman–Crippen MR) is 77.9 cm³/mol. The second-order valence-electron chi connectivity index (χ2n) is 4.11. The Labute approximate surface area is 129 Å². The summed E-state index contributed by atoms with van der Waals surface area (Å²) in [5.41, 5.74) is 0.612. The van der Waals surface area contributed by atoms with Crippen LogP contribution in [0.3, 0.4) is 0 Å². The van der Waals surface area contributed by atoms with Gasteiger partial charge in [0.25, 0.3) is 5.88 Å². The lowest BCUT2D eigenvalue weighted by atomic mass is 10.3. The zero-order chi connectivity index (χ0) is 14.8. The second-order valence-corrected chi connectivity index (χ2v) is 4.99. The molecule has 0 aliphatic heterocycles. The van der Waals surface area contributed by atoms with Crippen LogP contribution in [0.25, 0.3) is 5.69 Å². The van der Waals surface area contributed by atoms with Gasteiger partial charge in [0.1, 0.15) is 5.69 Å². The van der Waals surface area contributed by atoms with E-state index in [1.165, 1.54) is 17.1 Å². The molecule has 2 aromatic heterocycles. The number of benzene rings is 1. The minimum Gasteiger partial charge on any atom is -0.434 e. The largest absolute Gasteiger partial charge is 0.434 e. The highest BCUT2D eigenvalue weighted by Crippen LogP contribution is 2.29. The summed E-state index contributed by atoms with van der Waals surface area (Å²) in [6.07, 6.45) is 4.43. The van der Waals surface area contributed by atoms with Gasteiger partial charge >= 0.3 is 0 Å². The van der Waals surface area contributed by atoms with Crippen molar-refractivity contribution in [2.75, 3.05) is 0 Å². The number of aromatic nitrogens is 3. The van der Waals surface area contributed by atoms with Gasteiger partial charge in [-0.15, -0.1) is 0 Å². The number of hydrogen-bond acceptors (Lipinski definition) is 3. The lowest BCUT2D eigenvalue weighted by Gasteiger charge is -2.10. The molecule has 0 saturated carbocycles. The zero-order valence-corrected chi connectivity index (χ0v) is 12.0. The van der Waals surface area contributed by atoms with Crippen molar-refractivity contribution in [1.82, 2.24) is 14.8 Å². The maximum atomic E-state index is 13.8. The molecule has 0 atom stereocenters. The molecule has 0 amide bonds. The fourth-order valence-electron chi connectivity index (χ4n) is 1.75. The summed E-state index contributed by atoms with van der Waals surface area (Å²) in [6.45, 7) is 0. The van der Waals surface area contributed by atoms with Crippen LogP contribution in [0.1, 0.15) is 0 Å². The highest BCUT2D eigenvalue weighted by Gasteiger charge is 2.12. The van der Waals surface area contributed by atoms with Crippen LogP contribution in [-0.2, 0) is 0 Å². The van der Waals surface area contributed by atoms with Gasteiger partial charge in [0, 0.05) is 12.4 Å². The van der Waals surface area contributed by atoms with Crippen molar-refractivity contribution in [3.8, 4) is 17.3 Å². The highest BCUT2D eigenvalue weighted by atomic mass is 35.5. The average Bonchev–Trinajstić information content (AvgIpc) is 2.89. The number of rotatable bonds is 3. The van der Waals surface area contributed by atoms with Gasteiger partial charge < -0.3 is 4.74 Å². The molecule has 0 bridgehead atoms. The van der Waals surface area contributed by atoms with Gasteiger partial charge in [-0.1, -0.05) is 35.3 Å². The highest BCUT2D eigenvalue weighted by molar-refractivity contribution is 6.30. The number of ether oxygens (including phenoxy) is 1. The standard InChI is InChI=1S/C14H8Cl2FN3O/c15-9-5-11(17)14(18-6-9)21-13-4-2-1-3-12(13)20-8-10(16)7-19-20/h1-8H. The van der Waals surface area contributed by atoms with E-state index in [9.17, 15) is 4.39 Å². The first-order valence-electron chi connectivity index (χ1n) is 5.92. The molecule has 0 aliphatic rings. The van der Waals surface area contributed by atoms with E-state index < -0.39 is 5.82 Å². The van der Waals surface area contributed by atoms with Crippen LogP contribution in [0.4, 0.5) is 4.39 Å². The Morgan fingerprint density at radius 2 is 1.90 bits per heavy atom. The Morgan fingerprint density at radius 3 is 2.62 bits per heavy atom. The summed E-state index contributed by atoms with van der Waals surface area (Å²) >= 11 is 11.5. The van der Waals surface area contributed by atoms with E-state index in [1.807, 2.05) is 6.07 Å². The summed E-state index contributed by atoms with van der Waals surface area (Å²) in [5.74, 6) is -0.410. The van der Waals surface area contributed by atoms with Crippen molar-refractivity contribution >= 4 is 23.2 Å². The van der Waals surface area contributed by atoms with E-state index in [1.54, 1.807) is 24.4 Å². The predicted octanol–water partition coefficient (Wildman–Crippen LogP) is 4.51. The molecule has 3 aromatic rings. The third-order valence-corrected chi connectivity index (χ3v) is 3.05. The van der Waals surface area contributed by atoms with Crippen LogP contribution in [-0.4, -0.2) is 14.8 Å². The summed E-state index contributed by atoms with van der Waals surface area (Å²) in [4.78, 5) is 3.83. The van der Waals surface area contributed by atoms with Crippen LogP contribution in [0.15, 0.2) is 48.9 Å². The minimum absolute atomic E-state index is 0.162. The van der Waals surface area contributed by atoms with Crippen molar-refractivity contribution in [2.45, 2.75) is 0 Å². The van der Waals surface area contributed by atoms with Gasteiger partial charge in [0.05, 0.1) is 16.2 Å². The lowest BCUT2D eigenvalue weighted by molar-refractivity contribution is 0.420. The quantitative estimate of drug-likeness (QED) is 0.712. The molecule has 0 radical (unpaired) electrons. The van der Waals surface area contributed by atoms with Crippen LogP contribution < -0.4 is 4.74 Å². The Morgan fingerprint density at radius 1 is 1.10 bits per heavy atom. The topological polar surface area (TPSA) is 39.9 Å². The summed E-state index contributed by atoms with van der Waals surface area (Å²) in [7, 11) is 0. The van der Waals surface area contributed by atoms with E-state index >= 15 is 0 Å². The van der Waals surface area contributed by atoms with E-state index in [2.05, 4.69) is 10.1 Å². The first-order chi connectivity index (χ1) is 10.1. The van der Waals surface area contributed by atoms with Gasteiger partial charge in [-0.2, -0.15) is 5.10 Å². The third kappa shape index (κ3) is 2.99. The normalized spacial score (nSPS) is 10.6. The fourth-order valence-corrected chi connectivity index (χ4v) is 2.03. The number of nitrogens with zero attached hydrogens (tertiary/aromatic N) is 3. The SMILES string of the molecule is Fc1cc(Cl)cnc1Oc1ccccc1-n1cc(Cl)cn1. The molecule has 21 heavy (non-hydrogen) atoms. The molecule has 0 aliphatic carbocycles. The molecule has 2 heterocycles. The van der Waals surface area contributed by atoms with Crippen molar-refractivity contribution < 1.29 is 9.13 Å². The van der Waals surface area contributed by atoms with Gasteiger partial charge in [-0.3, -0.25) is 0 Å². The fraction of sp³-hybridized carbons (Fsp3) is 0. The maximum absolute atomic E-state index is 13.8. The lowest BCUT2D eigenvalue weighted by Crippen LogP contribution is -1.99. The van der Waals surface area contributed by atoms with Crippen LogP contribution in [0, 0.1) is 5.82 Å². The third-order valence-electron chi connectivity index (χ3n) is 2.64. The van der Waals surface area contributed by atoms with Crippen LogP contribution in [0.5, 0.6) is 11.6 Å². The Hall–Kier alpha value is -2.11. The number of hydrogen-bond donors (Lipinski definition) is 0. The van der Waals surface area contributed by atoms with Gasteiger partial charge in [-0.05, 0) is 18.2 Å². The monoisotopic (exact) mass is 323 g/mol. The van der Waals surface area contributed by atoms with Crippen molar-refractivity contribution in [1.29, 1.82) is 0 Å². The Kier molecular flexibility index (Phi) is 3.77. The molecule has 0 N–H and O–H groups in total.